The second kappa shape index (κ2) is 7.20. The van der Waals surface area contributed by atoms with Crippen LogP contribution in [0.25, 0.3) is 0 Å². The monoisotopic (exact) mass is 360 g/mol. The fraction of sp³-hybridized carbons (Fsp3) is 0.667. The van der Waals surface area contributed by atoms with Crippen molar-refractivity contribution in [3.05, 3.63) is 30.3 Å². The van der Waals surface area contributed by atoms with Gasteiger partial charge in [0.2, 0.25) is 0 Å². The summed E-state index contributed by atoms with van der Waals surface area (Å²) in [7, 11) is 0. The Morgan fingerprint density at radius 1 is 1.15 bits per heavy atom. The quantitative estimate of drug-likeness (QED) is 0.759. The Hall–Kier alpha value is -1.59. The van der Waals surface area contributed by atoms with Crippen LogP contribution in [0.4, 0.5) is 10.5 Å². The Bertz CT molecular complexity index is 613. The Morgan fingerprint density at radius 2 is 1.77 bits per heavy atom. The van der Waals surface area contributed by atoms with Crippen molar-refractivity contribution in [3.8, 4) is 0 Å². The summed E-state index contributed by atoms with van der Waals surface area (Å²) in [4.78, 5) is 20.7. The van der Waals surface area contributed by atoms with Crippen molar-refractivity contribution >= 4 is 11.8 Å². The Balaban J connectivity index is 1.84. The molecular formula is C21H32N2O3. The van der Waals surface area contributed by atoms with Gasteiger partial charge in [0.25, 0.3) is 0 Å². The number of anilines is 1. The van der Waals surface area contributed by atoms with Crippen molar-refractivity contribution in [1.82, 2.24) is 5.06 Å². The highest BCUT2D eigenvalue weighted by Gasteiger charge is 2.46. The standard InChI is InChI=1S/C21H32N2O3/c1-6-18(26-23-20(2,3)13-10-14-21(23,4)5)17-15-25-19(24)22(17)16-11-8-7-9-12-16/h7-9,11-12,17-18H,6,10,13-15H2,1-5H3. The van der Waals surface area contributed by atoms with Crippen LogP contribution in [0.2, 0.25) is 0 Å². The number of benzene rings is 1. The SMILES string of the molecule is CCC(ON1C(C)(C)CCCC1(C)C)C1COC(=O)N1c1ccccc1. The van der Waals surface area contributed by atoms with E-state index in [1.54, 1.807) is 4.90 Å². The second-order valence-corrected chi connectivity index (χ2v) is 8.67. The van der Waals surface area contributed by atoms with Gasteiger partial charge in [0.05, 0.1) is 0 Å². The van der Waals surface area contributed by atoms with E-state index in [9.17, 15) is 4.79 Å². The number of hydrogen-bond acceptors (Lipinski definition) is 4. The van der Waals surface area contributed by atoms with Gasteiger partial charge in [-0.3, -0.25) is 9.74 Å². The predicted molar refractivity (Wildman–Crippen MR) is 103 cm³/mol. The van der Waals surface area contributed by atoms with Crippen molar-refractivity contribution in [1.29, 1.82) is 0 Å². The van der Waals surface area contributed by atoms with Crippen LogP contribution in [-0.2, 0) is 9.57 Å². The molecule has 0 saturated carbocycles. The summed E-state index contributed by atoms with van der Waals surface area (Å²) < 4.78 is 5.40. The summed E-state index contributed by atoms with van der Waals surface area (Å²) in [6.07, 6.45) is 3.83. The van der Waals surface area contributed by atoms with Crippen LogP contribution >= 0.6 is 0 Å². The molecule has 3 rings (SSSR count). The van der Waals surface area contributed by atoms with Crippen LogP contribution < -0.4 is 4.90 Å². The maximum atomic E-state index is 12.4. The molecular weight excluding hydrogens is 328 g/mol. The maximum Gasteiger partial charge on any atom is 0.414 e. The van der Waals surface area contributed by atoms with E-state index in [-0.39, 0.29) is 29.3 Å². The van der Waals surface area contributed by atoms with Gasteiger partial charge in [-0.1, -0.05) is 25.1 Å². The molecule has 2 heterocycles. The average molecular weight is 360 g/mol. The number of cyclic esters (lactones) is 1. The Labute approximate surface area is 157 Å². The molecule has 2 aliphatic heterocycles. The van der Waals surface area contributed by atoms with Gasteiger partial charge in [-0.2, -0.15) is 5.06 Å². The Kier molecular flexibility index (Phi) is 5.31. The number of para-hydroxylation sites is 1. The molecule has 144 valence electrons. The summed E-state index contributed by atoms with van der Waals surface area (Å²) in [6, 6.07) is 9.60. The van der Waals surface area contributed by atoms with Crippen LogP contribution in [0.5, 0.6) is 0 Å². The lowest BCUT2D eigenvalue weighted by atomic mass is 9.82. The lowest BCUT2D eigenvalue weighted by molar-refractivity contribution is -0.307. The molecule has 2 atom stereocenters. The minimum atomic E-state index is -0.291. The maximum absolute atomic E-state index is 12.4. The number of carbonyl (C=O) groups excluding carboxylic acids is 1. The van der Waals surface area contributed by atoms with Gasteiger partial charge < -0.3 is 4.74 Å². The molecule has 2 unspecified atom stereocenters. The van der Waals surface area contributed by atoms with Crippen LogP contribution in [0.1, 0.15) is 60.3 Å². The van der Waals surface area contributed by atoms with Gasteiger partial charge >= 0.3 is 6.09 Å². The third-order valence-electron chi connectivity index (χ3n) is 5.69. The number of hydroxylamine groups is 2. The van der Waals surface area contributed by atoms with Gasteiger partial charge in [0.1, 0.15) is 18.8 Å². The first-order valence-corrected chi connectivity index (χ1v) is 9.74. The van der Waals surface area contributed by atoms with E-state index in [4.69, 9.17) is 9.57 Å². The van der Waals surface area contributed by atoms with Crippen molar-refractivity contribution in [2.75, 3.05) is 11.5 Å². The largest absolute Gasteiger partial charge is 0.447 e. The minimum absolute atomic E-state index is 0.0315. The van der Waals surface area contributed by atoms with Crippen LogP contribution in [-0.4, -0.2) is 41.0 Å². The first-order valence-electron chi connectivity index (χ1n) is 9.74. The summed E-state index contributed by atoms with van der Waals surface area (Å²) >= 11 is 0. The molecule has 0 radical (unpaired) electrons. The molecule has 1 amide bonds. The summed E-state index contributed by atoms with van der Waals surface area (Å²) in [5, 5.41) is 2.18. The van der Waals surface area contributed by atoms with E-state index in [1.807, 2.05) is 30.3 Å². The normalized spacial score (nSPS) is 26.6. The first kappa shape index (κ1) is 19.2. The van der Waals surface area contributed by atoms with Crippen LogP contribution in [0.3, 0.4) is 0 Å². The third kappa shape index (κ3) is 3.60. The zero-order chi connectivity index (χ0) is 18.9. The lowest BCUT2D eigenvalue weighted by Crippen LogP contribution is -2.61. The van der Waals surface area contributed by atoms with Gasteiger partial charge in [0.15, 0.2) is 0 Å². The number of rotatable bonds is 5. The van der Waals surface area contributed by atoms with Gasteiger partial charge in [-0.25, -0.2) is 4.79 Å². The summed E-state index contributed by atoms with van der Waals surface area (Å²) in [5.74, 6) is 0. The number of nitrogens with zero attached hydrogens (tertiary/aromatic N) is 2. The number of amides is 1. The van der Waals surface area contributed by atoms with Crippen molar-refractivity contribution < 1.29 is 14.4 Å². The smallest absolute Gasteiger partial charge is 0.414 e. The van der Waals surface area contributed by atoms with E-state index in [1.165, 1.54) is 6.42 Å². The molecule has 0 spiro atoms. The fourth-order valence-corrected chi connectivity index (χ4v) is 4.41. The van der Waals surface area contributed by atoms with Gasteiger partial charge in [-0.05, 0) is 65.5 Å². The fourth-order valence-electron chi connectivity index (χ4n) is 4.41. The average Bonchev–Trinajstić information content (AvgIpc) is 2.96. The molecule has 0 bridgehead atoms. The first-order chi connectivity index (χ1) is 12.3. The van der Waals surface area contributed by atoms with Crippen LogP contribution in [0, 0.1) is 0 Å². The third-order valence-corrected chi connectivity index (χ3v) is 5.69. The molecule has 0 aromatic heterocycles. The topological polar surface area (TPSA) is 42.0 Å². The molecule has 0 aliphatic carbocycles. The highest BCUT2D eigenvalue weighted by molar-refractivity contribution is 5.90. The van der Waals surface area contributed by atoms with Crippen molar-refractivity contribution in [2.24, 2.45) is 0 Å². The van der Waals surface area contributed by atoms with Crippen molar-refractivity contribution in [3.63, 3.8) is 0 Å². The molecule has 2 fully saturated rings. The number of hydrogen-bond donors (Lipinski definition) is 0. The molecule has 1 aromatic rings. The van der Waals surface area contributed by atoms with Crippen molar-refractivity contribution in [2.45, 2.75) is 83.5 Å². The minimum Gasteiger partial charge on any atom is -0.447 e. The summed E-state index contributed by atoms with van der Waals surface area (Å²) in [5.41, 5.74) is 0.797. The van der Waals surface area contributed by atoms with E-state index >= 15 is 0 Å². The predicted octanol–water partition coefficient (Wildman–Crippen LogP) is 4.77. The lowest BCUT2D eigenvalue weighted by Gasteiger charge is -2.53. The number of piperidine rings is 1. The summed E-state index contributed by atoms with van der Waals surface area (Å²) in [6.45, 7) is 11.4. The number of ether oxygens (including phenoxy) is 1. The molecule has 2 saturated heterocycles. The van der Waals surface area contributed by atoms with E-state index in [0.29, 0.717) is 6.61 Å². The second-order valence-electron chi connectivity index (χ2n) is 8.67. The molecule has 0 N–H and O–H groups in total. The van der Waals surface area contributed by atoms with Gasteiger partial charge in [-0.15, -0.1) is 0 Å². The molecule has 26 heavy (non-hydrogen) atoms. The highest BCUT2D eigenvalue weighted by Crippen LogP contribution is 2.40. The van der Waals surface area contributed by atoms with E-state index in [2.05, 4.69) is 39.7 Å². The number of carbonyl (C=O) groups is 1. The molecule has 2 aliphatic rings. The molecule has 5 heteroatoms. The van der Waals surface area contributed by atoms with Gasteiger partial charge in [0, 0.05) is 16.8 Å². The highest BCUT2D eigenvalue weighted by atomic mass is 16.7. The van der Waals surface area contributed by atoms with E-state index < -0.39 is 0 Å². The Morgan fingerprint density at radius 3 is 2.35 bits per heavy atom. The van der Waals surface area contributed by atoms with Crippen LogP contribution in [0.15, 0.2) is 30.3 Å². The molecule has 1 aromatic carbocycles. The zero-order valence-corrected chi connectivity index (χ0v) is 16.7. The van der Waals surface area contributed by atoms with E-state index in [0.717, 1.165) is 24.9 Å². The zero-order valence-electron chi connectivity index (χ0n) is 16.7. The molecule has 5 nitrogen and oxygen atoms in total.